The van der Waals surface area contributed by atoms with Gasteiger partial charge in [0.25, 0.3) is 0 Å². The molecule has 1 aromatic carbocycles. The molecule has 0 fully saturated rings. The van der Waals surface area contributed by atoms with E-state index in [1.807, 2.05) is 0 Å². The van der Waals surface area contributed by atoms with Gasteiger partial charge < -0.3 is 10.4 Å². The SMILES string of the molecule is CNC(=O)CN(C)S(=O)(=O)c1cc(F)c(Cl)c(C(=O)O)c1. The Bertz CT molecular complexity index is 692. The van der Waals surface area contributed by atoms with Crippen LogP contribution in [0.5, 0.6) is 0 Å². The van der Waals surface area contributed by atoms with E-state index >= 15 is 0 Å². The average molecular weight is 339 g/mol. The van der Waals surface area contributed by atoms with Crippen molar-refractivity contribution < 1.29 is 27.5 Å². The minimum atomic E-state index is -4.23. The second kappa shape index (κ2) is 6.37. The maximum atomic E-state index is 13.6. The van der Waals surface area contributed by atoms with E-state index in [0.717, 1.165) is 13.1 Å². The Kier molecular flexibility index (Phi) is 5.26. The molecule has 10 heteroatoms. The van der Waals surface area contributed by atoms with Crippen molar-refractivity contribution in [2.45, 2.75) is 4.90 Å². The number of aromatic carboxylic acids is 1. The molecule has 1 amide bonds. The number of amides is 1. The lowest BCUT2D eigenvalue weighted by Crippen LogP contribution is -2.37. The molecule has 21 heavy (non-hydrogen) atoms. The standard InChI is InChI=1S/C11H12ClFN2O5S/c1-14-9(16)5-15(2)21(19,20)6-3-7(11(17)18)10(12)8(13)4-6/h3-4H,5H2,1-2H3,(H,14,16)(H,17,18). The van der Waals surface area contributed by atoms with Gasteiger partial charge in [-0.2, -0.15) is 4.31 Å². The molecule has 0 radical (unpaired) electrons. The molecule has 0 aliphatic carbocycles. The molecule has 0 heterocycles. The number of nitrogens with zero attached hydrogens (tertiary/aromatic N) is 1. The van der Waals surface area contributed by atoms with Gasteiger partial charge in [0.2, 0.25) is 15.9 Å². The molecule has 116 valence electrons. The first kappa shape index (κ1) is 17.3. The summed E-state index contributed by atoms with van der Waals surface area (Å²) in [6.45, 7) is -0.495. The fourth-order valence-electron chi connectivity index (χ4n) is 1.41. The molecule has 0 bridgehead atoms. The van der Waals surface area contributed by atoms with Gasteiger partial charge in [0, 0.05) is 14.1 Å². The van der Waals surface area contributed by atoms with Crippen molar-refractivity contribution in [1.29, 1.82) is 0 Å². The Morgan fingerprint density at radius 2 is 2.00 bits per heavy atom. The van der Waals surface area contributed by atoms with Crippen LogP contribution in [0.4, 0.5) is 4.39 Å². The number of carboxylic acids is 1. The van der Waals surface area contributed by atoms with E-state index in [1.165, 1.54) is 7.05 Å². The first-order chi connectivity index (χ1) is 9.61. The minimum Gasteiger partial charge on any atom is -0.478 e. The van der Waals surface area contributed by atoms with E-state index in [-0.39, 0.29) is 0 Å². The largest absolute Gasteiger partial charge is 0.478 e. The van der Waals surface area contributed by atoms with Crippen molar-refractivity contribution in [3.8, 4) is 0 Å². The number of sulfonamides is 1. The van der Waals surface area contributed by atoms with Crippen molar-refractivity contribution in [1.82, 2.24) is 9.62 Å². The summed E-state index contributed by atoms with van der Waals surface area (Å²) in [5, 5.41) is 10.4. The predicted molar refractivity (Wildman–Crippen MR) is 72.3 cm³/mol. The van der Waals surface area contributed by atoms with Crippen LogP contribution in [-0.2, 0) is 14.8 Å². The minimum absolute atomic E-state index is 0.495. The Morgan fingerprint density at radius 3 is 2.48 bits per heavy atom. The van der Waals surface area contributed by atoms with E-state index < -0.39 is 49.7 Å². The Labute approximate surface area is 125 Å². The van der Waals surface area contributed by atoms with Crippen LogP contribution < -0.4 is 5.32 Å². The molecule has 0 aliphatic heterocycles. The number of nitrogens with one attached hydrogen (secondary N) is 1. The second-order valence-electron chi connectivity index (χ2n) is 4.01. The van der Waals surface area contributed by atoms with E-state index in [4.69, 9.17) is 16.7 Å². The van der Waals surface area contributed by atoms with Gasteiger partial charge in [0.05, 0.1) is 22.0 Å². The normalized spacial score (nSPS) is 11.5. The highest BCUT2D eigenvalue weighted by Gasteiger charge is 2.26. The van der Waals surface area contributed by atoms with Gasteiger partial charge >= 0.3 is 5.97 Å². The number of carboxylic acid groups (broad SMARTS) is 1. The van der Waals surface area contributed by atoms with Crippen molar-refractivity contribution in [3.05, 3.63) is 28.5 Å². The van der Waals surface area contributed by atoms with Crippen molar-refractivity contribution in [2.24, 2.45) is 0 Å². The van der Waals surface area contributed by atoms with Crippen LogP contribution >= 0.6 is 11.6 Å². The third kappa shape index (κ3) is 3.69. The summed E-state index contributed by atoms with van der Waals surface area (Å²) in [5.41, 5.74) is -0.677. The number of benzene rings is 1. The maximum Gasteiger partial charge on any atom is 0.337 e. The monoisotopic (exact) mass is 338 g/mol. The molecular formula is C11H12ClFN2O5S. The smallest absolute Gasteiger partial charge is 0.337 e. The van der Waals surface area contributed by atoms with Crippen LogP contribution in [0.1, 0.15) is 10.4 Å². The number of hydrogen-bond donors (Lipinski definition) is 2. The van der Waals surface area contributed by atoms with Crippen molar-refractivity contribution in [2.75, 3.05) is 20.6 Å². The van der Waals surface area contributed by atoms with Crippen molar-refractivity contribution in [3.63, 3.8) is 0 Å². The highest BCUT2D eigenvalue weighted by Crippen LogP contribution is 2.25. The fourth-order valence-corrected chi connectivity index (χ4v) is 2.77. The Balaban J connectivity index is 3.32. The van der Waals surface area contributed by atoms with Gasteiger partial charge in [-0.25, -0.2) is 17.6 Å². The zero-order valence-corrected chi connectivity index (χ0v) is 12.6. The zero-order chi connectivity index (χ0) is 16.4. The highest BCUT2D eigenvalue weighted by atomic mass is 35.5. The van der Waals surface area contributed by atoms with Gasteiger partial charge in [0.15, 0.2) is 0 Å². The molecular weight excluding hydrogens is 327 g/mol. The zero-order valence-electron chi connectivity index (χ0n) is 11.1. The summed E-state index contributed by atoms with van der Waals surface area (Å²) >= 11 is 5.47. The lowest BCUT2D eigenvalue weighted by atomic mass is 10.2. The predicted octanol–water partition coefficient (Wildman–Crippen LogP) is 0.544. The number of hydrogen-bond acceptors (Lipinski definition) is 4. The lowest BCUT2D eigenvalue weighted by Gasteiger charge is -2.17. The number of likely N-dealkylation sites (N-methyl/N-ethyl adjacent to an activating group) is 2. The first-order valence-electron chi connectivity index (χ1n) is 5.50. The van der Waals surface area contributed by atoms with Crippen LogP contribution in [0, 0.1) is 5.82 Å². The molecule has 1 aromatic rings. The fraction of sp³-hybridized carbons (Fsp3) is 0.273. The summed E-state index contributed by atoms with van der Waals surface area (Å²) < 4.78 is 38.6. The number of rotatable bonds is 5. The van der Waals surface area contributed by atoms with Gasteiger partial charge in [-0.05, 0) is 12.1 Å². The van der Waals surface area contributed by atoms with Gasteiger partial charge in [0.1, 0.15) is 5.82 Å². The van der Waals surface area contributed by atoms with Crippen molar-refractivity contribution >= 4 is 33.5 Å². The third-order valence-corrected chi connectivity index (χ3v) is 4.75. The summed E-state index contributed by atoms with van der Waals surface area (Å²) in [6, 6.07) is 1.34. The molecule has 0 aliphatic rings. The third-order valence-electron chi connectivity index (χ3n) is 2.59. The lowest BCUT2D eigenvalue weighted by molar-refractivity contribution is -0.120. The van der Waals surface area contributed by atoms with Crippen LogP contribution in [0.3, 0.4) is 0 Å². The highest BCUT2D eigenvalue weighted by molar-refractivity contribution is 7.89. The van der Waals surface area contributed by atoms with Gasteiger partial charge in [-0.1, -0.05) is 11.6 Å². The second-order valence-corrected chi connectivity index (χ2v) is 6.43. The Hall–Kier alpha value is -1.71. The number of carbonyl (C=O) groups is 2. The molecule has 0 atom stereocenters. The van der Waals surface area contributed by atoms with Gasteiger partial charge in [-0.3, -0.25) is 4.79 Å². The maximum absolute atomic E-state index is 13.6. The number of carbonyl (C=O) groups excluding carboxylic acids is 1. The summed E-state index contributed by atoms with van der Waals surface area (Å²) in [4.78, 5) is 21.5. The number of halogens is 2. The van der Waals surface area contributed by atoms with E-state index in [9.17, 15) is 22.4 Å². The van der Waals surface area contributed by atoms with E-state index in [1.54, 1.807) is 0 Å². The van der Waals surface area contributed by atoms with Crippen LogP contribution in [0.25, 0.3) is 0 Å². The topological polar surface area (TPSA) is 104 Å². The van der Waals surface area contributed by atoms with E-state index in [0.29, 0.717) is 10.4 Å². The van der Waals surface area contributed by atoms with Crippen LogP contribution in [0.2, 0.25) is 5.02 Å². The molecule has 0 unspecified atom stereocenters. The summed E-state index contributed by atoms with van der Waals surface area (Å²) in [6.07, 6.45) is 0. The molecule has 0 saturated carbocycles. The molecule has 0 aromatic heterocycles. The molecule has 1 rings (SSSR count). The van der Waals surface area contributed by atoms with Gasteiger partial charge in [-0.15, -0.1) is 0 Å². The van der Waals surface area contributed by atoms with Crippen LogP contribution in [0.15, 0.2) is 17.0 Å². The summed E-state index contributed by atoms with van der Waals surface area (Å²) in [7, 11) is -1.79. The quantitative estimate of drug-likeness (QED) is 0.815. The molecule has 0 saturated heterocycles. The average Bonchev–Trinajstić information content (AvgIpc) is 2.40. The first-order valence-corrected chi connectivity index (χ1v) is 7.32. The molecule has 7 nitrogen and oxygen atoms in total. The molecule has 2 N–H and O–H groups in total. The molecule has 0 spiro atoms. The Morgan fingerprint density at radius 1 is 1.43 bits per heavy atom. The summed E-state index contributed by atoms with van der Waals surface area (Å²) in [5.74, 6) is -3.32. The van der Waals surface area contributed by atoms with Crippen LogP contribution in [-0.4, -0.2) is 50.3 Å². The van der Waals surface area contributed by atoms with E-state index in [2.05, 4.69) is 5.32 Å².